The van der Waals surface area contributed by atoms with Crippen LogP contribution >= 0.6 is 0 Å². The van der Waals surface area contributed by atoms with E-state index < -0.39 is 10.0 Å². The summed E-state index contributed by atoms with van der Waals surface area (Å²) in [6.45, 7) is 2.60. The third-order valence-corrected chi connectivity index (χ3v) is 7.53. The highest BCUT2D eigenvalue weighted by Gasteiger charge is 2.21. The van der Waals surface area contributed by atoms with Crippen LogP contribution in [0.25, 0.3) is 0 Å². The first-order chi connectivity index (χ1) is 15.4. The molecule has 3 aromatic rings. The van der Waals surface area contributed by atoms with Crippen LogP contribution in [0, 0.1) is 0 Å². The third-order valence-electron chi connectivity index (χ3n) is 5.73. The molecule has 1 aliphatic heterocycles. The van der Waals surface area contributed by atoms with Crippen molar-refractivity contribution in [2.75, 3.05) is 29.3 Å². The van der Waals surface area contributed by atoms with E-state index in [-0.39, 0.29) is 10.8 Å². The van der Waals surface area contributed by atoms with Gasteiger partial charge in [-0.25, -0.2) is 8.42 Å². The van der Waals surface area contributed by atoms with E-state index >= 15 is 0 Å². The fourth-order valence-corrected chi connectivity index (χ4v) is 5.03. The van der Waals surface area contributed by atoms with Crippen molar-refractivity contribution in [1.82, 2.24) is 5.32 Å². The van der Waals surface area contributed by atoms with Gasteiger partial charge < -0.3 is 10.2 Å². The zero-order valence-electron chi connectivity index (χ0n) is 18.1. The summed E-state index contributed by atoms with van der Waals surface area (Å²) in [7, 11) is -2.22. The van der Waals surface area contributed by atoms with E-state index in [0.717, 1.165) is 18.7 Å². The molecule has 1 fully saturated rings. The molecule has 1 heterocycles. The van der Waals surface area contributed by atoms with Gasteiger partial charge in [0, 0.05) is 37.9 Å². The Bertz CT molecular complexity index is 1170. The Morgan fingerprint density at radius 2 is 1.62 bits per heavy atom. The van der Waals surface area contributed by atoms with Gasteiger partial charge in [0.1, 0.15) is 0 Å². The summed E-state index contributed by atoms with van der Waals surface area (Å²) >= 11 is 0. The SMILES string of the molecule is CN(c1cccc(C(=O)NCc2ccc(N3CCCC3)cc2)c1)S(=O)(=O)c1ccccc1. The molecule has 0 atom stereocenters. The number of hydrogen-bond donors (Lipinski definition) is 1. The summed E-state index contributed by atoms with van der Waals surface area (Å²) in [5, 5.41) is 2.92. The molecule has 32 heavy (non-hydrogen) atoms. The lowest BCUT2D eigenvalue weighted by Crippen LogP contribution is -2.27. The van der Waals surface area contributed by atoms with Crippen molar-refractivity contribution < 1.29 is 13.2 Å². The van der Waals surface area contributed by atoms with E-state index in [2.05, 4.69) is 22.3 Å². The summed E-state index contributed by atoms with van der Waals surface area (Å²) in [4.78, 5) is 15.3. The smallest absolute Gasteiger partial charge is 0.264 e. The Morgan fingerprint density at radius 1 is 0.938 bits per heavy atom. The van der Waals surface area contributed by atoms with Crippen LogP contribution in [-0.2, 0) is 16.6 Å². The number of rotatable bonds is 7. The topological polar surface area (TPSA) is 69.7 Å². The zero-order chi connectivity index (χ0) is 22.6. The van der Waals surface area contributed by atoms with E-state index in [0.29, 0.717) is 17.8 Å². The highest BCUT2D eigenvalue weighted by Crippen LogP contribution is 2.23. The van der Waals surface area contributed by atoms with E-state index in [9.17, 15) is 13.2 Å². The van der Waals surface area contributed by atoms with Gasteiger partial charge in [0.2, 0.25) is 0 Å². The van der Waals surface area contributed by atoms with Crippen molar-refractivity contribution >= 4 is 27.3 Å². The van der Waals surface area contributed by atoms with Crippen LogP contribution in [0.2, 0.25) is 0 Å². The van der Waals surface area contributed by atoms with Gasteiger partial charge >= 0.3 is 0 Å². The van der Waals surface area contributed by atoms with Crippen LogP contribution in [0.15, 0.2) is 83.8 Å². The van der Waals surface area contributed by atoms with Crippen molar-refractivity contribution in [3.63, 3.8) is 0 Å². The number of carbonyl (C=O) groups is 1. The van der Waals surface area contributed by atoms with Crippen LogP contribution in [0.5, 0.6) is 0 Å². The second kappa shape index (κ2) is 9.44. The lowest BCUT2D eigenvalue weighted by atomic mass is 10.1. The maximum absolute atomic E-state index is 12.9. The molecule has 0 aromatic heterocycles. The lowest BCUT2D eigenvalue weighted by molar-refractivity contribution is 0.0951. The molecule has 1 aliphatic rings. The normalized spacial score (nSPS) is 13.7. The average molecular weight is 450 g/mol. The van der Waals surface area contributed by atoms with Crippen molar-refractivity contribution in [1.29, 1.82) is 0 Å². The number of nitrogens with one attached hydrogen (secondary N) is 1. The lowest BCUT2D eigenvalue weighted by Gasteiger charge is -2.20. The Labute approximate surface area is 189 Å². The molecule has 166 valence electrons. The minimum absolute atomic E-state index is 0.203. The predicted molar refractivity (Wildman–Crippen MR) is 128 cm³/mol. The van der Waals surface area contributed by atoms with Gasteiger partial charge in [0.15, 0.2) is 0 Å². The molecule has 1 N–H and O–H groups in total. The number of anilines is 2. The van der Waals surface area contributed by atoms with Crippen LogP contribution in [-0.4, -0.2) is 34.5 Å². The minimum Gasteiger partial charge on any atom is -0.372 e. The number of nitrogens with zero attached hydrogens (tertiary/aromatic N) is 2. The second-order valence-corrected chi connectivity index (χ2v) is 9.85. The summed E-state index contributed by atoms with van der Waals surface area (Å²) in [6.07, 6.45) is 2.47. The minimum atomic E-state index is -3.70. The van der Waals surface area contributed by atoms with Gasteiger partial charge in [-0.15, -0.1) is 0 Å². The highest BCUT2D eigenvalue weighted by atomic mass is 32.2. The molecule has 0 spiro atoms. The largest absolute Gasteiger partial charge is 0.372 e. The molecule has 7 heteroatoms. The fraction of sp³-hybridized carbons (Fsp3) is 0.240. The van der Waals surface area contributed by atoms with Gasteiger partial charge in [-0.2, -0.15) is 0 Å². The zero-order valence-corrected chi connectivity index (χ0v) is 18.9. The molecule has 6 nitrogen and oxygen atoms in total. The fourth-order valence-electron chi connectivity index (χ4n) is 3.82. The molecule has 4 rings (SSSR count). The van der Waals surface area contributed by atoms with Gasteiger partial charge in [-0.05, 0) is 60.9 Å². The molecule has 3 aromatic carbocycles. The van der Waals surface area contributed by atoms with E-state index in [1.165, 1.54) is 29.9 Å². The second-order valence-electron chi connectivity index (χ2n) is 7.88. The number of amides is 1. The molecule has 0 saturated carbocycles. The van der Waals surface area contributed by atoms with Crippen molar-refractivity contribution in [3.05, 3.63) is 90.0 Å². The van der Waals surface area contributed by atoms with Gasteiger partial charge in [-0.3, -0.25) is 9.10 Å². The van der Waals surface area contributed by atoms with E-state index in [1.807, 2.05) is 12.1 Å². The first kappa shape index (κ1) is 21.9. The van der Waals surface area contributed by atoms with Crippen molar-refractivity contribution in [2.24, 2.45) is 0 Å². The van der Waals surface area contributed by atoms with Crippen LogP contribution in [0.3, 0.4) is 0 Å². The third kappa shape index (κ3) is 4.78. The van der Waals surface area contributed by atoms with E-state index in [1.54, 1.807) is 54.6 Å². The monoisotopic (exact) mass is 449 g/mol. The van der Waals surface area contributed by atoms with Crippen molar-refractivity contribution in [3.8, 4) is 0 Å². The molecule has 0 radical (unpaired) electrons. The molecular weight excluding hydrogens is 422 g/mol. The molecule has 0 bridgehead atoms. The number of hydrogen-bond acceptors (Lipinski definition) is 4. The molecular formula is C25H27N3O3S. The maximum Gasteiger partial charge on any atom is 0.264 e. The van der Waals surface area contributed by atoms with Gasteiger partial charge in [0.25, 0.3) is 15.9 Å². The summed E-state index contributed by atoms with van der Waals surface area (Å²) in [6, 6.07) is 23.1. The number of benzene rings is 3. The van der Waals surface area contributed by atoms with Crippen LogP contribution in [0.4, 0.5) is 11.4 Å². The molecule has 0 unspecified atom stereocenters. The highest BCUT2D eigenvalue weighted by molar-refractivity contribution is 7.92. The Morgan fingerprint density at radius 3 is 2.31 bits per heavy atom. The molecule has 1 amide bonds. The quantitative estimate of drug-likeness (QED) is 0.591. The predicted octanol–water partition coefficient (Wildman–Crippen LogP) is 4.04. The number of carbonyl (C=O) groups excluding carboxylic acids is 1. The number of sulfonamides is 1. The summed E-state index contributed by atoms with van der Waals surface area (Å²) < 4.78 is 26.9. The van der Waals surface area contributed by atoms with Crippen LogP contribution in [0.1, 0.15) is 28.8 Å². The standard InChI is InChI=1S/C25H27N3O3S/c1-27(32(30,31)24-10-3-2-4-11-24)23-9-7-8-21(18-23)25(29)26-19-20-12-14-22(15-13-20)28-16-5-6-17-28/h2-4,7-15,18H,5-6,16-17,19H2,1H3,(H,26,29). The average Bonchev–Trinajstić information content (AvgIpc) is 3.38. The first-order valence-electron chi connectivity index (χ1n) is 10.7. The summed E-state index contributed by atoms with van der Waals surface area (Å²) in [5.74, 6) is -0.249. The van der Waals surface area contributed by atoms with E-state index in [4.69, 9.17) is 0 Å². The molecule has 0 aliphatic carbocycles. The summed E-state index contributed by atoms with van der Waals surface area (Å²) in [5.41, 5.74) is 3.07. The Balaban J connectivity index is 1.42. The first-order valence-corrected chi connectivity index (χ1v) is 12.2. The Kier molecular flexibility index (Phi) is 6.46. The Hall–Kier alpha value is -3.32. The van der Waals surface area contributed by atoms with Gasteiger partial charge in [-0.1, -0.05) is 36.4 Å². The van der Waals surface area contributed by atoms with Crippen LogP contribution < -0.4 is 14.5 Å². The maximum atomic E-state index is 12.9. The van der Waals surface area contributed by atoms with Gasteiger partial charge in [0.05, 0.1) is 10.6 Å². The van der Waals surface area contributed by atoms with Crippen molar-refractivity contribution in [2.45, 2.75) is 24.3 Å². The molecule has 1 saturated heterocycles.